The summed E-state index contributed by atoms with van der Waals surface area (Å²) in [5, 5.41) is 8.70. The largest absolute Gasteiger partial charge is 0.481 e. The van der Waals surface area contributed by atoms with Crippen LogP contribution in [0.3, 0.4) is 0 Å². The quantitative estimate of drug-likeness (QED) is 0.853. The lowest BCUT2D eigenvalue weighted by molar-refractivity contribution is -0.137. The van der Waals surface area contributed by atoms with Gasteiger partial charge in [-0.3, -0.25) is 4.79 Å². The van der Waals surface area contributed by atoms with Crippen LogP contribution in [0.25, 0.3) is 0 Å². The number of rotatable bonds is 3. The van der Waals surface area contributed by atoms with Gasteiger partial charge in [0.25, 0.3) is 0 Å². The zero-order valence-corrected chi connectivity index (χ0v) is 11.5. The Morgan fingerprint density at radius 3 is 2.32 bits per heavy atom. The van der Waals surface area contributed by atoms with Crippen LogP contribution in [0.4, 0.5) is 4.79 Å². The molecule has 0 bridgehead atoms. The summed E-state index contributed by atoms with van der Waals surface area (Å²) in [6, 6.07) is 0.166. The van der Waals surface area contributed by atoms with E-state index in [0.717, 1.165) is 45.4 Å². The molecule has 2 fully saturated rings. The standard InChI is InChI=1S/C14H24N2O3/c17-13(18)6-5-12-7-10-16(11-12)14(19)15-8-3-1-2-4-9-15/h12H,1-11H2,(H,17,18). The summed E-state index contributed by atoms with van der Waals surface area (Å²) >= 11 is 0. The summed E-state index contributed by atoms with van der Waals surface area (Å²) in [5.74, 6) is -0.371. The van der Waals surface area contributed by atoms with E-state index < -0.39 is 5.97 Å². The Labute approximate surface area is 114 Å². The van der Waals surface area contributed by atoms with Crippen LogP contribution in [0.2, 0.25) is 0 Å². The number of aliphatic carboxylic acids is 1. The Bertz CT molecular complexity index is 325. The summed E-state index contributed by atoms with van der Waals surface area (Å²) < 4.78 is 0. The Hall–Kier alpha value is -1.26. The first-order valence-electron chi connectivity index (χ1n) is 7.42. The van der Waals surface area contributed by atoms with Gasteiger partial charge in [0.05, 0.1) is 0 Å². The number of nitrogens with zero attached hydrogens (tertiary/aromatic N) is 2. The van der Waals surface area contributed by atoms with E-state index in [9.17, 15) is 9.59 Å². The van der Waals surface area contributed by atoms with Crippen LogP contribution in [0.5, 0.6) is 0 Å². The third-order valence-corrected chi connectivity index (χ3v) is 4.20. The molecule has 2 saturated heterocycles. The number of carbonyl (C=O) groups is 2. The summed E-state index contributed by atoms with van der Waals surface area (Å²) in [6.45, 7) is 3.30. The summed E-state index contributed by atoms with van der Waals surface area (Å²) in [4.78, 5) is 26.8. The molecule has 2 rings (SSSR count). The molecule has 1 unspecified atom stereocenters. The molecule has 0 radical (unpaired) electrons. The minimum Gasteiger partial charge on any atom is -0.481 e. The average molecular weight is 268 g/mol. The van der Waals surface area contributed by atoms with E-state index in [0.29, 0.717) is 12.3 Å². The van der Waals surface area contributed by atoms with Gasteiger partial charge in [-0.1, -0.05) is 12.8 Å². The molecule has 5 nitrogen and oxygen atoms in total. The Balaban J connectivity index is 1.78. The van der Waals surface area contributed by atoms with Crippen molar-refractivity contribution in [2.45, 2.75) is 44.9 Å². The molecule has 1 atom stereocenters. The van der Waals surface area contributed by atoms with Crippen molar-refractivity contribution in [2.75, 3.05) is 26.2 Å². The number of amides is 2. The maximum atomic E-state index is 12.4. The molecule has 5 heteroatoms. The van der Waals surface area contributed by atoms with Gasteiger partial charge in [0.15, 0.2) is 0 Å². The molecular formula is C14H24N2O3. The molecule has 2 aliphatic rings. The molecule has 2 aliphatic heterocycles. The molecule has 0 aliphatic carbocycles. The number of carboxylic acids is 1. The van der Waals surface area contributed by atoms with Crippen LogP contribution in [0, 0.1) is 5.92 Å². The number of hydrogen-bond acceptors (Lipinski definition) is 2. The topological polar surface area (TPSA) is 60.9 Å². The van der Waals surface area contributed by atoms with Gasteiger partial charge in [-0.2, -0.15) is 0 Å². The SMILES string of the molecule is O=C(O)CCC1CCN(C(=O)N2CCCCCC2)C1. The van der Waals surface area contributed by atoms with Crippen LogP contribution in [0.15, 0.2) is 0 Å². The van der Waals surface area contributed by atoms with E-state index in [2.05, 4.69) is 0 Å². The second-order valence-electron chi connectivity index (χ2n) is 5.72. The first kappa shape index (κ1) is 14.2. The van der Waals surface area contributed by atoms with E-state index in [4.69, 9.17) is 5.11 Å². The van der Waals surface area contributed by atoms with Crippen molar-refractivity contribution in [2.24, 2.45) is 5.92 Å². The van der Waals surface area contributed by atoms with E-state index >= 15 is 0 Å². The fourth-order valence-electron chi connectivity index (χ4n) is 3.03. The van der Waals surface area contributed by atoms with Gasteiger partial charge in [-0.15, -0.1) is 0 Å². The number of urea groups is 1. The Morgan fingerprint density at radius 2 is 1.68 bits per heavy atom. The predicted molar refractivity (Wildman–Crippen MR) is 72.0 cm³/mol. The van der Waals surface area contributed by atoms with Crippen molar-refractivity contribution in [1.29, 1.82) is 0 Å². The Morgan fingerprint density at radius 1 is 1.00 bits per heavy atom. The zero-order chi connectivity index (χ0) is 13.7. The molecule has 1 N–H and O–H groups in total. The zero-order valence-electron chi connectivity index (χ0n) is 11.5. The van der Waals surface area contributed by atoms with Crippen molar-refractivity contribution < 1.29 is 14.7 Å². The second-order valence-corrected chi connectivity index (χ2v) is 5.72. The molecule has 19 heavy (non-hydrogen) atoms. The van der Waals surface area contributed by atoms with Crippen molar-refractivity contribution >= 4 is 12.0 Å². The van der Waals surface area contributed by atoms with Crippen LogP contribution in [-0.2, 0) is 4.79 Å². The van der Waals surface area contributed by atoms with Crippen molar-refractivity contribution in [1.82, 2.24) is 9.80 Å². The van der Waals surface area contributed by atoms with E-state index in [-0.39, 0.29) is 12.5 Å². The Kier molecular flexibility index (Phi) is 5.05. The molecular weight excluding hydrogens is 244 g/mol. The van der Waals surface area contributed by atoms with Gasteiger partial charge in [0, 0.05) is 32.6 Å². The first-order valence-corrected chi connectivity index (χ1v) is 7.42. The lowest BCUT2D eigenvalue weighted by Crippen LogP contribution is -2.42. The third-order valence-electron chi connectivity index (χ3n) is 4.20. The minimum absolute atomic E-state index is 0.166. The maximum Gasteiger partial charge on any atom is 0.320 e. The smallest absolute Gasteiger partial charge is 0.320 e. The van der Waals surface area contributed by atoms with Gasteiger partial charge in [-0.25, -0.2) is 4.79 Å². The fraction of sp³-hybridized carbons (Fsp3) is 0.857. The maximum absolute atomic E-state index is 12.4. The van der Waals surface area contributed by atoms with E-state index in [1.54, 1.807) is 0 Å². The van der Waals surface area contributed by atoms with Crippen molar-refractivity contribution in [3.8, 4) is 0 Å². The van der Waals surface area contributed by atoms with E-state index in [1.807, 2.05) is 9.80 Å². The highest BCUT2D eigenvalue weighted by Gasteiger charge is 2.29. The van der Waals surface area contributed by atoms with Crippen LogP contribution in [0.1, 0.15) is 44.9 Å². The predicted octanol–water partition coefficient (Wildman–Crippen LogP) is 2.17. The molecule has 0 aromatic carbocycles. The van der Waals surface area contributed by atoms with Crippen molar-refractivity contribution in [3.05, 3.63) is 0 Å². The summed E-state index contributed by atoms with van der Waals surface area (Å²) in [7, 11) is 0. The fourth-order valence-corrected chi connectivity index (χ4v) is 3.03. The summed E-state index contributed by atoms with van der Waals surface area (Å²) in [5.41, 5.74) is 0. The number of carboxylic acid groups (broad SMARTS) is 1. The van der Waals surface area contributed by atoms with Gasteiger partial charge in [0.1, 0.15) is 0 Å². The normalized spacial score (nSPS) is 24.3. The first-order chi connectivity index (χ1) is 9.16. The lowest BCUT2D eigenvalue weighted by atomic mass is 10.0. The van der Waals surface area contributed by atoms with Gasteiger partial charge >= 0.3 is 12.0 Å². The van der Waals surface area contributed by atoms with Crippen molar-refractivity contribution in [3.63, 3.8) is 0 Å². The summed E-state index contributed by atoms with van der Waals surface area (Å²) in [6.07, 6.45) is 6.54. The molecule has 2 heterocycles. The number of carbonyl (C=O) groups excluding carboxylic acids is 1. The van der Waals surface area contributed by atoms with Gasteiger partial charge in [0.2, 0.25) is 0 Å². The number of likely N-dealkylation sites (tertiary alicyclic amines) is 2. The molecule has 0 aromatic heterocycles. The lowest BCUT2D eigenvalue weighted by Gasteiger charge is -2.27. The highest BCUT2D eigenvalue weighted by atomic mass is 16.4. The average Bonchev–Trinajstić information content (AvgIpc) is 2.69. The highest BCUT2D eigenvalue weighted by Crippen LogP contribution is 2.23. The van der Waals surface area contributed by atoms with Crippen LogP contribution in [-0.4, -0.2) is 53.1 Å². The second kappa shape index (κ2) is 6.78. The minimum atomic E-state index is -0.739. The highest BCUT2D eigenvalue weighted by molar-refractivity contribution is 5.74. The van der Waals surface area contributed by atoms with Crippen LogP contribution < -0.4 is 0 Å². The molecule has 0 spiro atoms. The van der Waals surface area contributed by atoms with Gasteiger partial charge in [-0.05, 0) is 31.6 Å². The monoisotopic (exact) mass is 268 g/mol. The van der Waals surface area contributed by atoms with Crippen LogP contribution >= 0.6 is 0 Å². The molecule has 0 saturated carbocycles. The molecule has 2 amide bonds. The molecule has 0 aromatic rings. The van der Waals surface area contributed by atoms with E-state index in [1.165, 1.54) is 12.8 Å². The van der Waals surface area contributed by atoms with Gasteiger partial charge < -0.3 is 14.9 Å². The third kappa shape index (κ3) is 4.11. The molecule has 108 valence electrons. The number of hydrogen-bond donors (Lipinski definition) is 1.